The molecule has 0 radical (unpaired) electrons. The Labute approximate surface area is 102 Å². The molecule has 3 rings (SSSR count). The minimum Gasteiger partial charge on any atom is -0.497 e. The van der Waals surface area contributed by atoms with Gasteiger partial charge < -0.3 is 9.64 Å². The molecular formula is C13H19N3O. The second-order valence-corrected chi connectivity index (χ2v) is 4.81. The molecule has 1 saturated carbocycles. The maximum Gasteiger partial charge on any atom is 0.132 e. The monoisotopic (exact) mass is 233 g/mol. The Bertz CT molecular complexity index is 384. The molecule has 0 aromatic carbocycles. The molecule has 17 heavy (non-hydrogen) atoms. The maximum absolute atomic E-state index is 5.24. The molecule has 1 aromatic rings. The molecular weight excluding hydrogens is 214 g/mol. The molecule has 4 heteroatoms. The number of methoxy groups -OCH3 is 1. The van der Waals surface area contributed by atoms with Crippen molar-refractivity contribution in [2.75, 3.05) is 38.2 Å². The van der Waals surface area contributed by atoms with Gasteiger partial charge in [-0.3, -0.25) is 4.90 Å². The van der Waals surface area contributed by atoms with E-state index in [1.165, 1.54) is 25.9 Å². The van der Waals surface area contributed by atoms with Gasteiger partial charge in [0, 0.05) is 44.5 Å². The summed E-state index contributed by atoms with van der Waals surface area (Å²) >= 11 is 0. The minimum absolute atomic E-state index is 0.885. The number of hydrogen-bond donors (Lipinski definition) is 0. The van der Waals surface area contributed by atoms with Crippen LogP contribution in [0.25, 0.3) is 0 Å². The normalized spacial score (nSPS) is 21.6. The fourth-order valence-corrected chi connectivity index (χ4v) is 2.46. The van der Waals surface area contributed by atoms with Gasteiger partial charge in [0.15, 0.2) is 0 Å². The first-order chi connectivity index (χ1) is 8.36. The highest BCUT2D eigenvalue weighted by molar-refractivity contribution is 5.44. The zero-order valence-corrected chi connectivity index (χ0v) is 10.3. The Hall–Kier alpha value is -1.29. The van der Waals surface area contributed by atoms with Crippen molar-refractivity contribution >= 4 is 5.82 Å². The van der Waals surface area contributed by atoms with Crippen LogP contribution in [-0.4, -0.2) is 49.2 Å². The van der Waals surface area contributed by atoms with Crippen LogP contribution in [-0.2, 0) is 0 Å². The van der Waals surface area contributed by atoms with E-state index in [0.29, 0.717) is 0 Å². The number of pyridine rings is 1. The molecule has 0 amide bonds. The van der Waals surface area contributed by atoms with Crippen LogP contribution >= 0.6 is 0 Å². The van der Waals surface area contributed by atoms with Gasteiger partial charge in [-0.05, 0) is 18.9 Å². The van der Waals surface area contributed by atoms with E-state index in [9.17, 15) is 0 Å². The zero-order chi connectivity index (χ0) is 11.7. The van der Waals surface area contributed by atoms with Crippen molar-refractivity contribution in [3.63, 3.8) is 0 Å². The van der Waals surface area contributed by atoms with E-state index < -0.39 is 0 Å². The summed E-state index contributed by atoms with van der Waals surface area (Å²) in [6.07, 6.45) is 4.62. The number of anilines is 1. The van der Waals surface area contributed by atoms with Crippen molar-refractivity contribution < 1.29 is 4.74 Å². The average Bonchev–Trinajstić information content (AvgIpc) is 3.23. The molecule has 0 unspecified atom stereocenters. The number of nitrogens with zero attached hydrogens (tertiary/aromatic N) is 3. The van der Waals surface area contributed by atoms with Crippen molar-refractivity contribution in [3.8, 4) is 5.75 Å². The largest absolute Gasteiger partial charge is 0.497 e. The first kappa shape index (κ1) is 10.8. The Morgan fingerprint density at radius 1 is 1.24 bits per heavy atom. The topological polar surface area (TPSA) is 28.6 Å². The van der Waals surface area contributed by atoms with E-state index in [1.807, 2.05) is 18.3 Å². The quantitative estimate of drug-likeness (QED) is 0.788. The van der Waals surface area contributed by atoms with Crippen molar-refractivity contribution in [3.05, 3.63) is 18.3 Å². The molecule has 0 atom stereocenters. The maximum atomic E-state index is 5.24. The molecule has 4 nitrogen and oxygen atoms in total. The molecule has 92 valence electrons. The number of ether oxygens (including phenoxy) is 1. The van der Waals surface area contributed by atoms with E-state index in [-0.39, 0.29) is 0 Å². The molecule has 1 saturated heterocycles. The Morgan fingerprint density at radius 3 is 2.65 bits per heavy atom. The third-order valence-corrected chi connectivity index (χ3v) is 3.65. The fraction of sp³-hybridized carbons (Fsp3) is 0.615. The van der Waals surface area contributed by atoms with Crippen molar-refractivity contribution in [2.24, 2.45) is 0 Å². The highest BCUT2D eigenvalue weighted by Gasteiger charge is 2.31. The lowest BCUT2D eigenvalue weighted by atomic mass is 10.3. The zero-order valence-electron chi connectivity index (χ0n) is 10.3. The van der Waals surface area contributed by atoms with Gasteiger partial charge in [0.2, 0.25) is 0 Å². The van der Waals surface area contributed by atoms with Crippen LogP contribution in [0.2, 0.25) is 0 Å². The van der Waals surface area contributed by atoms with Gasteiger partial charge in [-0.2, -0.15) is 0 Å². The first-order valence-electron chi connectivity index (χ1n) is 6.36. The SMILES string of the molecule is COc1ccnc(N2CCN(C3CC3)CC2)c1. The van der Waals surface area contributed by atoms with Crippen molar-refractivity contribution in [1.29, 1.82) is 0 Å². The van der Waals surface area contributed by atoms with Gasteiger partial charge in [0.05, 0.1) is 7.11 Å². The second kappa shape index (κ2) is 4.53. The molecule has 2 aliphatic rings. The number of rotatable bonds is 3. The Morgan fingerprint density at radius 2 is 2.00 bits per heavy atom. The summed E-state index contributed by atoms with van der Waals surface area (Å²) in [5.41, 5.74) is 0. The lowest BCUT2D eigenvalue weighted by Crippen LogP contribution is -2.47. The number of piperazine rings is 1. The predicted molar refractivity (Wildman–Crippen MR) is 67.6 cm³/mol. The lowest BCUT2D eigenvalue weighted by Gasteiger charge is -2.35. The third-order valence-electron chi connectivity index (χ3n) is 3.65. The van der Waals surface area contributed by atoms with E-state index in [2.05, 4.69) is 14.8 Å². The Balaban J connectivity index is 1.64. The average molecular weight is 233 g/mol. The van der Waals surface area contributed by atoms with Crippen LogP contribution in [0.4, 0.5) is 5.82 Å². The highest BCUT2D eigenvalue weighted by atomic mass is 16.5. The first-order valence-corrected chi connectivity index (χ1v) is 6.36. The van der Waals surface area contributed by atoms with Crippen LogP contribution in [0.15, 0.2) is 18.3 Å². The van der Waals surface area contributed by atoms with Crippen LogP contribution < -0.4 is 9.64 Å². The standard InChI is InChI=1S/C13H19N3O/c1-17-12-4-5-14-13(10-12)16-8-6-15(7-9-16)11-2-3-11/h4-5,10-11H,2-3,6-9H2,1H3. The number of aromatic nitrogens is 1. The van der Waals surface area contributed by atoms with Gasteiger partial charge in [-0.25, -0.2) is 4.98 Å². The highest BCUT2D eigenvalue weighted by Crippen LogP contribution is 2.28. The van der Waals surface area contributed by atoms with E-state index in [1.54, 1.807) is 7.11 Å². The summed E-state index contributed by atoms with van der Waals surface area (Å²) in [4.78, 5) is 9.38. The summed E-state index contributed by atoms with van der Waals surface area (Å²) in [6.45, 7) is 4.50. The van der Waals surface area contributed by atoms with Gasteiger partial charge >= 0.3 is 0 Å². The molecule has 1 aliphatic carbocycles. The van der Waals surface area contributed by atoms with Crippen LogP contribution in [0.5, 0.6) is 5.75 Å². The van der Waals surface area contributed by atoms with E-state index in [0.717, 1.165) is 30.7 Å². The second-order valence-electron chi connectivity index (χ2n) is 4.81. The van der Waals surface area contributed by atoms with Crippen LogP contribution in [0.1, 0.15) is 12.8 Å². The van der Waals surface area contributed by atoms with Gasteiger partial charge in [-0.15, -0.1) is 0 Å². The Kier molecular flexibility index (Phi) is 2.89. The van der Waals surface area contributed by atoms with Gasteiger partial charge in [-0.1, -0.05) is 0 Å². The van der Waals surface area contributed by atoms with Crippen LogP contribution in [0, 0.1) is 0 Å². The molecule has 0 spiro atoms. The lowest BCUT2D eigenvalue weighted by molar-refractivity contribution is 0.247. The molecule has 1 aromatic heterocycles. The van der Waals surface area contributed by atoms with Gasteiger partial charge in [0.1, 0.15) is 11.6 Å². The fourth-order valence-electron chi connectivity index (χ4n) is 2.46. The molecule has 1 aliphatic heterocycles. The summed E-state index contributed by atoms with van der Waals surface area (Å²) in [6, 6.07) is 4.80. The van der Waals surface area contributed by atoms with Crippen molar-refractivity contribution in [2.45, 2.75) is 18.9 Å². The van der Waals surface area contributed by atoms with Crippen LogP contribution in [0.3, 0.4) is 0 Å². The molecule has 0 bridgehead atoms. The summed E-state index contributed by atoms with van der Waals surface area (Å²) < 4.78 is 5.24. The van der Waals surface area contributed by atoms with E-state index in [4.69, 9.17) is 4.74 Å². The third kappa shape index (κ3) is 2.36. The van der Waals surface area contributed by atoms with E-state index >= 15 is 0 Å². The van der Waals surface area contributed by atoms with Crippen molar-refractivity contribution in [1.82, 2.24) is 9.88 Å². The molecule has 0 N–H and O–H groups in total. The summed E-state index contributed by atoms with van der Waals surface area (Å²) in [5.74, 6) is 1.93. The minimum atomic E-state index is 0.885. The smallest absolute Gasteiger partial charge is 0.132 e. The van der Waals surface area contributed by atoms with Gasteiger partial charge in [0.25, 0.3) is 0 Å². The molecule has 2 heterocycles. The molecule has 2 fully saturated rings. The summed E-state index contributed by atoms with van der Waals surface area (Å²) in [7, 11) is 1.70. The summed E-state index contributed by atoms with van der Waals surface area (Å²) in [5, 5.41) is 0. The number of hydrogen-bond acceptors (Lipinski definition) is 4. The predicted octanol–water partition coefficient (Wildman–Crippen LogP) is 1.37.